The molecule has 0 spiro atoms. The molecular weight excluding hydrogens is 394 g/mol. The summed E-state index contributed by atoms with van der Waals surface area (Å²) in [6.45, 7) is 1.33. The number of benzene rings is 2. The molecule has 9 nitrogen and oxygen atoms in total. The number of nitrogens with zero attached hydrogens (tertiary/aromatic N) is 4. The van der Waals surface area contributed by atoms with Gasteiger partial charge in [-0.1, -0.05) is 12.1 Å². The number of hydrogen-bond acceptors (Lipinski definition) is 7. The number of fused-ring (bicyclic) bond motifs is 1. The predicted octanol–water partition coefficient (Wildman–Crippen LogP) is 3.37. The first-order valence-corrected chi connectivity index (χ1v) is 9.84. The second-order valence-corrected chi connectivity index (χ2v) is 6.91. The highest BCUT2D eigenvalue weighted by Gasteiger charge is 2.15. The van der Waals surface area contributed by atoms with E-state index in [0.29, 0.717) is 30.4 Å². The molecule has 4 N–H and O–H groups in total. The average molecular weight is 417 g/mol. The van der Waals surface area contributed by atoms with E-state index in [1.165, 1.54) is 0 Å². The molecule has 0 saturated heterocycles. The maximum atomic E-state index is 11.5. The standard InChI is InChI=1S/C22H23N7O2/c1-31-12-4-11-29(19-8-3-7-18-17(19)14-25-28-18)20-9-10-24-22(27-20)26-16-6-2-5-15(13-16)21(23)30/h2-3,5-10,13-14H,4,11-12H2,1H3,(H2,23,30)(H,25,28)(H,24,26,27). The van der Waals surface area contributed by atoms with Gasteiger partial charge in [0.15, 0.2) is 0 Å². The van der Waals surface area contributed by atoms with Gasteiger partial charge in [-0.05, 0) is 42.8 Å². The summed E-state index contributed by atoms with van der Waals surface area (Å²) >= 11 is 0. The lowest BCUT2D eigenvalue weighted by Crippen LogP contribution is -2.21. The van der Waals surface area contributed by atoms with Crippen molar-refractivity contribution in [1.82, 2.24) is 20.2 Å². The number of nitrogens with one attached hydrogen (secondary N) is 2. The van der Waals surface area contributed by atoms with Gasteiger partial charge in [-0.3, -0.25) is 9.89 Å². The van der Waals surface area contributed by atoms with Gasteiger partial charge in [-0.2, -0.15) is 10.1 Å². The molecular formula is C22H23N7O2. The van der Waals surface area contributed by atoms with Crippen LogP contribution in [0.5, 0.6) is 0 Å². The fraction of sp³-hybridized carbons (Fsp3) is 0.182. The molecule has 31 heavy (non-hydrogen) atoms. The van der Waals surface area contributed by atoms with Crippen LogP contribution >= 0.6 is 0 Å². The second kappa shape index (κ2) is 9.23. The largest absolute Gasteiger partial charge is 0.385 e. The van der Waals surface area contributed by atoms with Gasteiger partial charge in [-0.15, -0.1) is 0 Å². The van der Waals surface area contributed by atoms with Crippen molar-refractivity contribution in [3.8, 4) is 0 Å². The van der Waals surface area contributed by atoms with E-state index in [2.05, 4.69) is 25.4 Å². The zero-order valence-corrected chi connectivity index (χ0v) is 17.1. The highest BCUT2D eigenvalue weighted by molar-refractivity contribution is 5.94. The van der Waals surface area contributed by atoms with Crippen LogP contribution in [0, 0.1) is 0 Å². The molecule has 2 aromatic carbocycles. The molecule has 0 aliphatic rings. The van der Waals surface area contributed by atoms with Gasteiger partial charge >= 0.3 is 0 Å². The molecule has 158 valence electrons. The van der Waals surface area contributed by atoms with Gasteiger partial charge in [0, 0.05) is 43.1 Å². The summed E-state index contributed by atoms with van der Waals surface area (Å²) in [5.41, 5.74) is 8.40. The van der Waals surface area contributed by atoms with Crippen LogP contribution in [0.25, 0.3) is 10.9 Å². The Hall–Kier alpha value is -3.98. The molecule has 0 radical (unpaired) electrons. The molecule has 4 rings (SSSR count). The SMILES string of the molecule is COCCCN(c1ccnc(Nc2cccc(C(N)=O)c2)n1)c1cccc2[nH]ncc12. The molecule has 9 heteroatoms. The van der Waals surface area contributed by atoms with E-state index in [1.54, 1.807) is 31.5 Å². The molecule has 0 unspecified atom stereocenters. The third-order valence-corrected chi connectivity index (χ3v) is 4.80. The lowest BCUT2D eigenvalue weighted by molar-refractivity contribution is 0.100. The first-order chi connectivity index (χ1) is 15.2. The summed E-state index contributed by atoms with van der Waals surface area (Å²) in [6.07, 6.45) is 4.32. The van der Waals surface area contributed by atoms with Crippen LogP contribution in [0.4, 0.5) is 23.1 Å². The van der Waals surface area contributed by atoms with Crippen molar-refractivity contribution >= 4 is 40.0 Å². The zero-order chi connectivity index (χ0) is 21.6. The van der Waals surface area contributed by atoms with Crippen molar-refractivity contribution in [3.05, 3.63) is 66.5 Å². The molecule has 2 aromatic heterocycles. The number of hydrogen-bond donors (Lipinski definition) is 3. The van der Waals surface area contributed by atoms with Crippen molar-refractivity contribution in [2.24, 2.45) is 5.73 Å². The second-order valence-electron chi connectivity index (χ2n) is 6.91. The van der Waals surface area contributed by atoms with Crippen LogP contribution < -0.4 is 16.0 Å². The molecule has 4 aromatic rings. The van der Waals surface area contributed by atoms with Gasteiger partial charge in [0.2, 0.25) is 11.9 Å². The minimum Gasteiger partial charge on any atom is -0.385 e. The number of methoxy groups -OCH3 is 1. The topological polar surface area (TPSA) is 122 Å². The van der Waals surface area contributed by atoms with Crippen molar-refractivity contribution in [2.75, 3.05) is 30.5 Å². The smallest absolute Gasteiger partial charge is 0.248 e. The Bertz CT molecular complexity index is 1190. The van der Waals surface area contributed by atoms with E-state index >= 15 is 0 Å². The molecule has 0 aliphatic heterocycles. The van der Waals surface area contributed by atoms with E-state index < -0.39 is 5.91 Å². The summed E-state index contributed by atoms with van der Waals surface area (Å²) in [5.74, 6) is 0.652. The highest BCUT2D eigenvalue weighted by Crippen LogP contribution is 2.31. The van der Waals surface area contributed by atoms with Crippen LogP contribution in [0.1, 0.15) is 16.8 Å². The van der Waals surface area contributed by atoms with Crippen LogP contribution in [0.2, 0.25) is 0 Å². The third kappa shape index (κ3) is 4.62. The highest BCUT2D eigenvalue weighted by atomic mass is 16.5. The first-order valence-electron chi connectivity index (χ1n) is 9.84. The molecule has 0 fully saturated rings. The molecule has 0 aliphatic carbocycles. The number of amides is 1. The predicted molar refractivity (Wildman–Crippen MR) is 120 cm³/mol. The summed E-state index contributed by atoms with van der Waals surface area (Å²) < 4.78 is 5.24. The molecule has 2 heterocycles. The molecule has 0 bridgehead atoms. The Balaban J connectivity index is 1.67. The average Bonchev–Trinajstić information content (AvgIpc) is 3.26. The third-order valence-electron chi connectivity index (χ3n) is 4.80. The van der Waals surface area contributed by atoms with E-state index in [1.807, 2.05) is 36.5 Å². The number of carbonyl (C=O) groups is 1. The van der Waals surface area contributed by atoms with E-state index in [0.717, 1.165) is 28.8 Å². The van der Waals surface area contributed by atoms with Crippen molar-refractivity contribution in [2.45, 2.75) is 6.42 Å². The van der Waals surface area contributed by atoms with E-state index in [9.17, 15) is 4.79 Å². The Labute approximate surface area is 179 Å². The number of H-pyrrole nitrogens is 1. The van der Waals surface area contributed by atoms with Crippen molar-refractivity contribution < 1.29 is 9.53 Å². The summed E-state index contributed by atoms with van der Waals surface area (Å²) in [4.78, 5) is 22.6. The van der Waals surface area contributed by atoms with Crippen LogP contribution in [0.15, 0.2) is 60.9 Å². The lowest BCUT2D eigenvalue weighted by Gasteiger charge is -2.25. The summed E-state index contributed by atoms with van der Waals surface area (Å²) in [6, 6.07) is 14.8. The van der Waals surface area contributed by atoms with Gasteiger partial charge in [-0.25, -0.2) is 4.98 Å². The number of anilines is 4. The Kier molecular flexibility index (Phi) is 6.04. The van der Waals surface area contributed by atoms with Crippen molar-refractivity contribution in [1.29, 1.82) is 0 Å². The quantitative estimate of drug-likeness (QED) is 0.357. The van der Waals surface area contributed by atoms with Crippen LogP contribution in [-0.2, 0) is 4.74 Å². The molecule has 0 atom stereocenters. The first kappa shape index (κ1) is 20.3. The normalized spacial score (nSPS) is 10.9. The minimum absolute atomic E-state index is 0.411. The van der Waals surface area contributed by atoms with E-state index in [4.69, 9.17) is 15.5 Å². The number of carbonyl (C=O) groups excluding carboxylic acids is 1. The number of aromatic nitrogens is 4. The number of aromatic amines is 1. The van der Waals surface area contributed by atoms with Gasteiger partial charge in [0.25, 0.3) is 0 Å². The minimum atomic E-state index is -0.490. The van der Waals surface area contributed by atoms with Crippen molar-refractivity contribution in [3.63, 3.8) is 0 Å². The van der Waals surface area contributed by atoms with Gasteiger partial charge in [0.05, 0.1) is 17.4 Å². The Morgan fingerprint density at radius 3 is 2.94 bits per heavy atom. The maximum Gasteiger partial charge on any atom is 0.248 e. The molecule has 0 saturated carbocycles. The number of rotatable bonds is 9. The number of nitrogens with two attached hydrogens (primary N) is 1. The van der Waals surface area contributed by atoms with Gasteiger partial charge < -0.3 is 20.7 Å². The van der Waals surface area contributed by atoms with Gasteiger partial charge in [0.1, 0.15) is 5.82 Å². The van der Waals surface area contributed by atoms with E-state index in [-0.39, 0.29) is 0 Å². The van der Waals surface area contributed by atoms with Crippen LogP contribution in [0.3, 0.4) is 0 Å². The number of ether oxygens (including phenoxy) is 1. The fourth-order valence-electron chi connectivity index (χ4n) is 3.35. The summed E-state index contributed by atoms with van der Waals surface area (Å²) in [5, 5.41) is 11.3. The summed E-state index contributed by atoms with van der Waals surface area (Å²) in [7, 11) is 1.69. The Morgan fingerprint density at radius 2 is 2.10 bits per heavy atom. The van der Waals surface area contributed by atoms with Crippen LogP contribution in [-0.4, -0.2) is 46.3 Å². The number of primary amides is 1. The monoisotopic (exact) mass is 417 g/mol. The maximum absolute atomic E-state index is 11.5. The molecule has 1 amide bonds. The fourth-order valence-corrected chi connectivity index (χ4v) is 3.35. The zero-order valence-electron chi connectivity index (χ0n) is 17.1. The Morgan fingerprint density at radius 1 is 1.23 bits per heavy atom. The lowest BCUT2D eigenvalue weighted by atomic mass is 10.2.